The van der Waals surface area contributed by atoms with E-state index in [1.54, 1.807) is 6.92 Å². The number of ether oxygens (including phenoxy) is 1. The summed E-state index contributed by atoms with van der Waals surface area (Å²) < 4.78 is 4.90. The molecule has 0 rings (SSSR count). The zero-order valence-corrected chi connectivity index (χ0v) is 9.13. The maximum atomic E-state index is 11.1. The molecule has 14 heavy (non-hydrogen) atoms. The number of hydrogen-bond donors (Lipinski definition) is 0. The molecule has 0 unspecified atom stereocenters. The molecule has 0 fully saturated rings. The maximum Gasteiger partial charge on any atom is 0.313 e. The fourth-order valence-corrected chi connectivity index (χ4v) is 0.939. The Balaban J connectivity index is 3.74. The van der Waals surface area contributed by atoms with E-state index in [2.05, 4.69) is 0 Å². The Kier molecular flexibility index (Phi) is 6.72. The molecule has 3 nitrogen and oxygen atoms in total. The van der Waals surface area contributed by atoms with Crippen molar-refractivity contribution < 1.29 is 14.3 Å². The lowest BCUT2D eigenvalue weighted by atomic mass is 10.2. The van der Waals surface area contributed by atoms with Crippen LogP contribution < -0.4 is 0 Å². The monoisotopic (exact) mass is 198 g/mol. The molecule has 0 heterocycles. The van der Waals surface area contributed by atoms with Gasteiger partial charge in [-0.25, -0.2) is 0 Å². The predicted octanol–water partition coefficient (Wildman–Crippen LogP) is 2.26. The van der Waals surface area contributed by atoms with E-state index < -0.39 is 5.97 Å². The fraction of sp³-hybridized carbons (Fsp3) is 0.636. The van der Waals surface area contributed by atoms with Crippen LogP contribution in [0.4, 0.5) is 0 Å². The summed E-state index contributed by atoms with van der Waals surface area (Å²) in [6.07, 6.45) is 3.21. The Hall–Kier alpha value is -1.12. The summed E-state index contributed by atoms with van der Waals surface area (Å²) in [5.74, 6) is -0.507. The third-order valence-corrected chi connectivity index (χ3v) is 1.75. The first-order chi connectivity index (χ1) is 6.60. The summed E-state index contributed by atoms with van der Waals surface area (Å²) in [5, 5.41) is 0. The molecule has 0 aliphatic heterocycles. The van der Waals surface area contributed by atoms with Crippen molar-refractivity contribution in [3.8, 4) is 0 Å². The van der Waals surface area contributed by atoms with Gasteiger partial charge in [-0.3, -0.25) is 9.59 Å². The Morgan fingerprint density at radius 1 is 1.29 bits per heavy atom. The topological polar surface area (TPSA) is 43.4 Å². The third kappa shape index (κ3) is 6.40. The van der Waals surface area contributed by atoms with E-state index >= 15 is 0 Å². The van der Waals surface area contributed by atoms with Crippen molar-refractivity contribution in [1.29, 1.82) is 0 Å². The minimum Gasteiger partial charge on any atom is -0.461 e. The zero-order valence-electron chi connectivity index (χ0n) is 9.13. The number of Topliss-reactive ketones (excluding diaryl/α,β-unsaturated/α-hetero) is 1. The Bertz CT molecular complexity index is 229. The van der Waals surface area contributed by atoms with Crippen LogP contribution >= 0.6 is 0 Å². The van der Waals surface area contributed by atoms with Crippen LogP contribution in [-0.4, -0.2) is 18.4 Å². The molecule has 0 saturated carbocycles. The lowest BCUT2D eigenvalue weighted by Crippen LogP contribution is -2.11. The molecular weight excluding hydrogens is 180 g/mol. The van der Waals surface area contributed by atoms with E-state index in [9.17, 15) is 9.59 Å². The molecule has 0 aromatic rings. The Morgan fingerprint density at radius 2 is 1.93 bits per heavy atom. The van der Waals surface area contributed by atoms with Gasteiger partial charge < -0.3 is 4.74 Å². The van der Waals surface area contributed by atoms with E-state index in [0.717, 1.165) is 12.0 Å². The van der Waals surface area contributed by atoms with Crippen LogP contribution in [0.1, 0.15) is 40.0 Å². The van der Waals surface area contributed by atoms with Crippen LogP contribution in [0.25, 0.3) is 0 Å². The van der Waals surface area contributed by atoms with Gasteiger partial charge in [0.2, 0.25) is 0 Å². The lowest BCUT2D eigenvalue weighted by molar-refractivity contribution is -0.145. The van der Waals surface area contributed by atoms with Crippen molar-refractivity contribution in [3.63, 3.8) is 0 Å². The van der Waals surface area contributed by atoms with Crippen molar-refractivity contribution in [1.82, 2.24) is 0 Å². The number of allylic oxidation sites excluding steroid dienone is 1. The van der Waals surface area contributed by atoms with E-state index in [0.29, 0.717) is 13.0 Å². The Morgan fingerprint density at radius 3 is 2.43 bits per heavy atom. The van der Waals surface area contributed by atoms with Gasteiger partial charge in [0, 0.05) is 6.42 Å². The second-order valence-corrected chi connectivity index (χ2v) is 3.19. The van der Waals surface area contributed by atoms with Crippen LogP contribution in [0, 0.1) is 0 Å². The molecular formula is C11H18O3. The highest BCUT2D eigenvalue weighted by Gasteiger charge is 2.08. The minimum absolute atomic E-state index is 0.0767. The molecule has 0 aliphatic carbocycles. The minimum atomic E-state index is -0.430. The highest BCUT2D eigenvalue weighted by atomic mass is 16.5. The van der Waals surface area contributed by atoms with Crippen LogP contribution in [0.5, 0.6) is 0 Å². The molecule has 0 aliphatic rings. The summed E-state index contributed by atoms with van der Waals surface area (Å²) in [7, 11) is 0. The second-order valence-electron chi connectivity index (χ2n) is 3.19. The van der Waals surface area contributed by atoms with Crippen LogP contribution in [-0.2, 0) is 14.3 Å². The molecule has 0 N–H and O–H groups in total. The van der Waals surface area contributed by atoms with Gasteiger partial charge in [0.05, 0.1) is 0 Å². The van der Waals surface area contributed by atoms with E-state index in [4.69, 9.17) is 4.74 Å². The van der Waals surface area contributed by atoms with Crippen molar-refractivity contribution in [2.24, 2.45) is 0 Å². The number of carbonyl (C=O) groups excluding carboxylic acids is 2. The first kappa shape index (κ1) is 12.9. The summed E-state index contributed by atoms with van der Waals surface area (Å²) in [5.41, 5.74) is 1.02. The van der Waals surface area contributed by atoms with Gasteiger partial charge in [0.15, 0.2) is 0 Å². The molecule has 0 amide bonds. The summed E-state index contributed by atoms with van der Waals surface area (Å²) >= 11 is 0. The number of rotatable bonds is 6. The van der Waals surface area contributed by atoms with Crippen molar-refractivity contribution in [3.05, 3.63) is 11.6 Å². The molecule has 0 atom stereocenters. The number of carbonyl (C=O) groups is 2. The molecule has 80 valence electrons. The van der Waals surface area contributed by atoms with Gasteiger partial charge >= 0.3 is 5.97 Å². The Labute approximate surface area is 85.1 Å². The first-order valence-corrected chi connectivity index (χ1v) is 4.93. The smallest absolute Gasteiger partial charge is 0.313 e. The molecule has 0 aromatic carbocycles. The van der Waals surface area contributed by atoms with E-state index in [1.807, 2.05) is 19.9 Å². The van der Waals surface area contributed by atoms with Gasteiger partial charge in [0.25, 0.3) is 0 Å². The van der Waals surface area contributed by atoms with Gasteiger partial charge in [-0.2, -0.15) is 0 Å². The molecule has 0 saturated heterocycles. The highest BCUT2D eigenvalue weighted by molar-refractivity contribution is 5.95. The van der Waals surface area contributed by atoms with Gasteiger partial charge in [-0.05, 0) is 18.9 Å². The average Bonchev–Trinajstić information content (AvgIpc) is 2.15. The van der Waals surface area contributed by atoms with Gasteiger partial charge in [-0.15, -0.1) is 0 Å². The van der Waals surface area contributed by atoms with E-state index in [-0.39, 0.29) is 12.2 Å². The molecule has 0 radical (unpaired) electrons. The van der Waals surface area contributed by atoms with Gasteiger partial charge in [-0.1, -0.05) is 19.9 Å². The molecule has 3 heteroatoms. The standard InChI is InChI=1S/C11H18O3/c1-4-6-9(3)8-14-11(13)7-10(12)5-2/h6H,4-5,7-8H2,1-3H3. The number of ketones is 1. The van der Waals surface area contributed by atoms with Crippen LogP contribution in [0.3, 0.4) is 0 Å². The highest BCUT2D eigenvalue weighted by Crippen LogP contribution is 1.98. The van der Waals surface area contributed by atoms with Gasteiger partial charge in [0.1, 0.15) is 18.8 Å². The average molecular weight is 198 g/mol. The van der Waals surface area contributed by atoms with Crippen LogP contribution in [0.2, 0.25) is 0 Å². The third-order valence-electron chi connectivity index (χ3n) is 1.75. The van der Waals surface area contributed by atoms with Crippen molar-refractivity contribution in [2.75, 3.05) is 6.61 Å². The second kappa shape index (κ2) is 7.30. The first-order valence-electron chi connectivity index (χ1n) is 4.93. The molecule has 0 spiro atoms. The largest absolute Gasteiger partial charge is 0.461 e. The van der Waals surface area contributed by atoms with Crippen molar-refractivity contribution >= 4 is 11.8 Å². The fourth-order valence-electron chi connectivity index (χ4n) is 0.939. The summed E-state index contributed by atoms with van der Waals surface area (Å²) in [6.45, 7) is 5.95. The number of esters is 1. The zero-order chi connectivity index (χ0) is 11.0. The number of hydrogen-bond acceptors (Lipinski definition) is 3. The molecule has 0 bridgehead atoms. The predicted molar refractivity (Wildman–Crippen MR) is 54.9 cm³/mol. The van der Waals surface area contributed by atoms with Crippen molar-refractivity contribution in [2.45, 2.75) is 40.0 Å². The quantitative estimate of drug-likeness (QED) is 0.373. The summed E-state index contributed by atoms with van der Waals surface area (Å²) in [4.78, 5) is 21.9. The molecule has 0 aromatic heterocycles. The van der Waals surface area contributed by atoms with Crippen LogP contribution in [0.15, 0.2) is 11.6 Å². The SMILES string of the molecule is CCC=C(C)COC(=O)CC(=O)CC. The normalized spacial score (nSPS) is 11.2. The lowest BCUT2D eigenvalue weighted by Gasteiger charge is -2.03. The maximum absolute atomic E-state index is 11.1. The summed E-state index contributed by atoms with van der Waals surface area (Å²) in [6, 6.07) is 0. The van der Waals surface area contributed by atoms with E-state index in [1.165, 1.54) is 0 Å².